The number of carbonyl (C=O) groups is 1. The second-order valence-corrected chi connectivity index (χ2v) is 7.53. The Morgan fingerprint density at radius 1 is 1.39 bits per heavy atom. The molecule has 0 saturated heterocycles. The van der Waals surface area contributed by atoms with Crippen LogP contribution in [0, 0.1) is 5.92 Å². The van der Waals surface area contributed by atoms with Gasteiger partial charge in [0.15, 0.2) is 5.65 Å². The molecule has 1 N–H and O–H groups in total. The van der Waals surface area contributed by atoms with Crippen LogP contribution in [-0.2, 0) is 12.8 Å². The summed E-state index contributed by atoms with van der Waals surface area (Å²) in [6.07, 6.45) is 6.30. The second kappa shape index (κ2) is 5.56. The van der Waals surface area contributed by atoms with Gasteiger partial charge < -0.3 is 5.32 Å². The van der Waals surface area contributed by atoms with Crippen LogP contribution in [0.3, 0.4) is 0 Å². The summed E-state index contributed by atoms with van der Waals surface area (Å²) in [6.45, 7) is 4.74. The summed E-state index contributed by atoms with van der Waals surface area (Å²) < 4.78 is 1.63. The van der Waals surface area contributed by atoms with Crippen LogP contribution in [0.15, 0.2) is 6.33 Å². The first-order valence-corrected chi connectivity index (χ1v) is 8.89. The zero-order valence-electron chi connectivity index (χ0n) is 13.3. The Bertz CT molecular complexity index is 895. The SMILES string of the molecule is CC(C)CNC(=O)c1nc2c3c4c(sc3ncn2n1)CCCC4. The zero-order chi connectivity index (χ0) is 16.0. The van der Waals surface area contributed by atoms with Gasteiger partial charge in [0.2, 0.25) is 5.82 Å². The topological polar surface area (TPSA) is 72.2 Å². The molecule has 4 rings (SSSR count). The summed E-state index contributed by atoms with van der Waals surface area (Å²) in [4.78, 5) is 23.7. The van der Waals surface area contributed by atoms with Crippen LogP contribution in [-0.4, -0.2) is 32.0 Å². The predicted octanol–water partition coefficient (Wildman–Crippen LogP) is 2.60. The van der Waals surface area contributed by atoms with Gasteiger partial charge >= 0.3 is 0 Å². The molecule has 1 amide bonds. The van der Waals surface area contributed by atoms with Crippen molar-refractivity contribution in [1.82, 2.24) is 24.9 Å². The van der Waals surface area contributed by atoms with E-state index in [1.165, 1.54) is 23.3 Å². The van der Waals surface area contributed by atoms with Gasteiger partial charge in [0, 0.05) is 11.4 Å². The maximum Gasteiger partial charge on any atom is 0.291 e. The van der Waals surface area contributed by atoms with E-state index in [0.29, 0.717) is 12.5 Å². The predicted molar refractivity (Wildman–Crippen MR) is 90.0 cm³/mol. The number of amides is 1. The summed E-state index contributed by atoms with van der Waals surface area (Å²) >= 11 is 1.75. The molecule has 0 saturated carbocycles. The van der Waals surface area contributed by atoms with Crippen LogP contribution >= 0.6 is 11.3 Å². The van der Waals surface area contributed by atoms with E-state index in [4.69, 9.17) is 0 Å². The first-order chi connectivity index (χ1) is 11.1. The molecule has 0 fully saturated rings. The third-order valence-electron chi connectivity index (χ3n) is 4.17. The molecule has 1 aliphatic carbocycles. The minimum absolute atomic E-state index is 0.218. The van der Waals surface area contributed by atoms with Crippen LogP contribution in [0.2, 0.25) is 0 Å². The maximum atomic E-state index is 12.2. The van der Waals surface area contributed by atoms with Crippen LogP contribution < -0.4 is 5.32 Å². The lowest BCUT2D eigenvalue weighted by Crippen LogP contribution is -2.28. The molecule has 0 atom stereocenters. The Kier molecular flexibility index (Phi) is 3.52. The van der Waals surface area contributed by atoms with Crippen LogP contribution in [0.1, 0.15) is 47.7 Å². The van der Waals surface area contributed by atoms with E-state index >= 15 is 0 Å². The lowest BCUT2D eigenvalue weighted by molar-refractivity contribution is 0.0939. The van der Waals surface area contributed by atoms with E-state index in [2.05, 4.69) is 34.2 Å². The Balaban J connectivity index is 1.80. The van der Waals surface area contributed by atoms with Gasteiger partial charge in [0.25, 0.3) is 5.91 Å². The third-order valence-corrected chi connectivity index (χ3v) is 5.37. The molecule has 120 valence electrons. The molecule has 3 aromatic rings. The molecule has 7 heteroatoms. The highest BCUT2D eigenvalue weighted by molar-refractivity contribution is 7.19. The number of hydrogen-bond acceptors (Lipinski definition) is 5. The number of aromatic nitrogens is 4. The summed E-state index contributed by atoms with van der Waals surface area (Å²) in [5.41, 5.74) is 2.11. The van der Waals surface area contributed by atoms with Crippen molar-refractivity contribution in [2.75, 3.05) is 6.54 Å². The van der Waals surface area contributed by atoms with Gasteiger partial charge in [-0.15, -0.1) is 16.4 Å². The molecular formula is C16H19N5OS. The van der Waals surface area contributed by atoms with Gasteiger partial charge in [0.05, 0.1) is 5.39 Å². The molecule has 0 aliphatic heterocycles. The lowest BCUT2D eigenvalue weighted by Gasteiger charge is -2.09. The summed E-state index contributed by atoms with van der Waals surface area (Å²) in [6, 6.07) is 0. The number of fused-ring (bicyclic) bond motifs is 5. The van der Waals surface area contributed by atoms with Crippen molar-refractivity contribution < 1.29 is 4.79 Å². The highest BCUT2D eigenvalue weighted by Crippen LogP contribution is 2.36. The van der Waals surface area contributed by atoms with Crippen molar-refractivity contribution >= 4 is 33.1 Å². The molecule has 23 heavy (non-hydrogen) atoms. The number of hydrogen-bond donors (Lipinski definition) is 1. The largest absolute Gasteiger partial charge is 0.349 e. The quantitative estimate of drug-likeness (QED) is 0.802. The summed E-state index contributed by atoms with van der Waals surface area (Å²) in [5, 5.41) is 8.26. The molecule has 1 aliphatic rings. The summed E-state index contributed by atoms with van der Waals surface area (Å²) in [5.74, 6) is 0.392. The van der Waals surface area contributed by atoms with E-state index in [1.807, 2.05) is 0 Å². The molecule has 0 unspecified atom stereocenters. The molecule has 3 aromatic heterocycles. The highest BCUT2D eigenvalue weighted by atomic mass is 32.1. The van der Waals surface area contributed by atoms with E-state index in [1.54, 1.807) is 22.2 Å². The Morgan fingerprint density at radius 3 is 3.04 bits per heavy atom. The van der Waals surface area contributed by atoms with E-state index in [-0.39, 0.29) is 11.7 Å². The number of carbonyl (C=O) groups excluding carboxylic acids is 1. The van der Waals surface area contributed by atoms with Crippen molar-refractivity contribution in [3.8, 4) is 0 Å². The van der Waals surface area contributed by atoms with E-state index in [0.717, 1.165) is 28.7 Å². The van der Waals surface area contributed by atoms with Crippen LogP contribution in [0.5, 0.6) is 0 Å². The van der Waals surface area contributed by atoms with Crippen molar-refractivity contribution in [2.24, 2.45) is 5.92 Å². The smallest absolute Gasteiger partial charge is 0.291 e. The van der Waals surface area contributed by atoms with Gasteiger partial charge in [-0.25, -0.2) is 14.5 Å². The normalized spacial score (nSPS) is 14.6. The van der Waals surface area contributed by atoms with Gasteiger partial charge in [-0.3, -0.25) is 4.79 Å². The standard InChI is InChI=1S/C16H19N5OS/c1-9(2)7-17-15(22)13-19-14-12-10-5-3-4-6-11(10)23-16(12)18-8-21(14)20-13/h8-9H,3-7H2,1-2H3,(H,17,22). The summed E-state index contributed by atoms with van der Waals surface area (Å²) in [7, 11) is 0. The zero-order valence-corrected chi connectivity index (χ0v) is 14.1. The lowest BCUT2D eigenvalue weighted by atomic mass is 9.97. The monoisotopic (exact) mass is 329 g/mol. The number of rotatable bonds is 3. The first kappa shape index (κ1) is 14.6. The van der Waals surface area contributed by atoms with Crippen molar-refractivity contribution in [1.29, 1.82) is 0 Å². The second-order valence-electron chi connectivity index (χ2n) is 6.44. The van der Waals surface area contributed by atoms with Crippen LogP contribution in [0.25, 0.3) is 15.9 Å². The highest BCUT2D eigenvalue weighted by Gasteiger charge is 2.22. The number of aryl methyl sites for hydroxylation is 2. The molecule has 3 heterocycles. The van der Waals surface area contributed by atoms with Crippen LogP contribution in [0.4, 0.5) is 0 Å². The average molecular weight is 329 g/mol. The van der Waals surface area contributed by atoms with Gasteiger partial charge in [-0.2, -0.15) is 0 Å². The molecule has 0 aromatic carbocycles. The Hall–Kier alpha value is -2.02. The van der Waals surface area contributed by atoms with Crippen molar-refractivity contribution in [3.05, 3.63) is 22.6 Å². The molecule has 0 spiro atoms. The average Bonchev–Trinajstić information content (AvgIpc) is 3.12. The Labute approximate surface area is 137 Å². The van der Waals surface area contributed by atoms with Crippen molar-refractivity contribution in [2.45, 2.75) is 39.5 Å². The van der Waals surface area contributed by atoms with Crippen molar-refractivity contribution in [3.63, 3.8) is 0 Å². The fraction of sp³-hybridized carbons (Fsp3) is 0.500. The maximum absolute atomic E-state index is 12.2. The molecular weight excluding hydrogens is 310 g/mol. The number of nitrogens with one attached hydrogen (secondary N) is 1. The number of nitrogens with zero attached hydrogens (tertiary/aromatic N) is 4. The van der Waals surface area contributed by atoms with E-state index < -0.39 is 0 Å². The van der Waals surface area contributed by atoms with Gasteiger partial charge in [-0.1, -0.05) is 13.8 Å². The number of thiophene rings is 1. The molecule has 0 bridgehead atoms. The minimum Gasteiger partial charge on any atom is -0.349 e. The fourth-order valence-corrected chi connectivity index (χ4v) is 4.25. The minimum atomic E-state index is -0.223. The molecule has 0 radical (unpaired) electrons. The third kappa shape index (κ3) is 2.49. The molecule has 6 nitrogen and oxygen atoms in total. The van der Waals surface area contributed by atoms with Gasteiger partial charge in [-0.05, 0) is 37.2 Å². The fourth-order valence-electron chi connectivity index (χ4n) is 3.03. The van der Waals surface area contributed by atoms with Gasteiger partial charge in [0.1, 0.15) is 11.2 Å². The van der Waals surface area contributed by atoms with E-state index in [9.17, 15) is 4.79 Å². The Morgan fingerprint density at radius 2 is 2.22 bits per heavy atom. The first-order valence-electron chi connectivity index (χ1n) is 8.07.